The molecule has 1 unspecified atom stereocenters. The maximum Gasteiger partial charge on any atom is 0.350 e. The Hall–Kier alpha value is -5.30. The van der Waals surface area contributed by atoms with Gasteiger partial charge in [-0.15, -0.1) is 9.78 Å². The zero-order valence-electron chi connectivity index (χ0n) is 22.3. The Morgan fingerprint density at radius 3 is 2.61 bits per heavy atom. The average Bonchev–Trinajstić information content (AvgIpc) is 3.61. The number of nitrogens with one attached hydrogen (secondary N) is 3. The minimum absolute atomic E-state index is 0.0228. The third-order valence-electron chi connectivity index (χ3n) is 5.87. The quantitative estimate of drug-likeness (QED) is 0.151. The first-order chi connectivity index (χ1) is 19.7. The van der Waals surface area contributed by atoms with Gasteiger partial charge in [-0.2, -0.15) is 0 Å². The van der Waals surface area contributed by atoms with Crippen molar-refractivity contribution < 1.29 is 19.4 Å². The van der Waals surface area contributed by atoms with Gasteiger partial charge in [-0.25, -0.2) is 14.8 Å². The fraction of sp³-hybridized carbons (Fsp3) is 0.214. The summed E-state index contributed by atoms with van der Waals surface area (Å²) in [6.45, 7) is 6.20. The normalized spacial score (nSPS) is 14.8. The minimum atomic E-state index is -0.833. The van der Waals surface area contributed by atoms with Crippen LogP contribution in [0.25, 0.3) is 12.0 Å². The molecule has 1 saturated heterocycles. The molecule has 0 saturated carbocycles. The first kappa shape index (κ1) is 28.7. The number of aliphatic carboxylic acids is 1. The molecule has 2 aromatic carbocycles. The van der Waals surface area contributed by atoms with Crippen LogP contribution in [-0.4, -0.2) is 61.0 Å². The molecule has 0 spiro atoms. The molecule has 212 valence electrons. The summed E-state index contributed by atoms with van der Waals surface area (Å²) in [6, 6.07) is 14.0. The van der Waals surface area contributed by atoms with E-state index in [2.05, 4.69) is 31.9 Å². The summed E-state index contributed by atoms with van der Waals surface area (Å²) in [6.07, 6.45) is 5.60. The van der Waals surface area contributed by atoms with Crippen LogP contribution in [0.2, 0.25) is 0 Å². The molecular formula is C28H30N8O5. The number of benzene rings is 2. The lowest BCUT2D eigenvalue weighted by atomic mass is 10.0. The molecule has 3 heterocycles. The van der Waals surface area contributed by atoms with Crippen LogP contribution >= 0.6 is 0 Å². The van der Waals surface area contributed by atoms with Crippen molar-refractivity contribution in [3.63, 3.8) is 0 Å². The summed E-state index contributed by atoms with van der Waals surface area (Å²) in [5.74, 6) is 0.314. The summed E-state index contributed by atoms with van der Waals surface area (Å²) in [5, 5.41) is 23.0. The SMILES string of the molecule is C=Cc1cc(O[C@H]2CCOC2)cc(C(Nc2ccc(C(=N)N)cc2)c2nn(-c3ncccn3)c(=O)[nH]2)c1.CC(=O)O. The number of nitrogen functional groups attached to an aromatic ring is 1. The molecule has 1 aliphatic rings. The second-order valence-corrected chi connectivity index (χ2v) is 9.01. The topological polar surface area (TPSA) is 194 Å². The molecule has 0 aliphatic carbocycles. The van der Waals surface area contributed by atoms with Crippen molar-refractivity contribution in [3.8, 4) is 11.7 Å². The number of aromatic nitrogens is 5. The number of carboxylic acid groups (broad SMARTS) is 1. The van der Waals surface area contributed by atoms with E-state index < -0.39 is 17.7 Å². The summed E-state index contributed by atoms with van der Waals surface area (Å²) < 4.78 is 12.7. The third kappa shape index (κ3) is 7.64. The van der Waals surface area contributed by atoms with Gasteiger partial charge in [0.1, 0.15) is 23.7 Å². The van der Waals surface area contributed by atoms with Crippen LogP contribution in [0, 0.1) is 5.41 Å². The van der Waals surface area contributed by atoms with Crippen LogP contribution in [0.15, 0.2) is 72.3 Å². The maximum absolute atomic E-state index is 12.8. The lowest BCUT2D eigenvalue weighted by Crippen LogP contribution is -2.18. The number of carboxylic acids is 1. The monoisotopic (exact) mass is 558 g/mol. The molecule has 2 aromatic heterocycles. The van der Waals surface area contributed by atoms with Crippen LogP contribution in [0.1, 0.15) is 41.9 Å². The lowest BCUT2D eigenvalue weighted by Gasteiger charge is -2.21. The standard InChI is InChI=1S/C26H26N8O3.C2H4O2/c1-2-16-12-18(14-21(13-16)37-20-8-11-36-15-20)22(31-19-6-4-17(5-7-19)23(27)28)24-32-26(35)34(33-24)25-29-9-3-10-30-25;1-2(3)4/h2-7,9-10,12-14,20,22,31H,1,8,11,15H2,(H3,27,28)(H,32,33,35);1H3,(H,3,4)/t20-,22?;/m0./s1. The number of hydrogen-bond acceptors (Lipinski definition) is 9. The Labute approximate surface area is 235 Å². The number of anilines is 1. The highest BCUT2D eigenvalue weighted by molar-refractivity contribution is 5.95. The summed E-state index contributed by atoms with van der Waals surface area (Å²) in [4.78, 5) is 32.9. The van der Waals surface area contributed by atoms with Gasteiger partial charge in [-0.3, -0.25) is 15.2 Å². The third-order valence-corrected chi connectivity index (χ3v) is 5.87. The van der Waals surface area contributed by atoms with E-state index in [9.17, 15) is 4.79 Å². The number of rotatable bonds is 9. The fourth-order valence-corrected chi connectivity index (χ4v) is 4.03. The molecule has 4 aromatic rings. The number of carbonyl (C=O) groups is 1. The number of H-pyrrole nitrogens is 1. The highest BCUT2D eigenvalue weighted by Gasteiger charge is 2.23. The number of aromatic amines is 1. The van der Waals surface area contributed by atoms with Crippen molar-refractivity contribution in [2.24, 2.45) is 5.73 Å². The molecule has 1 fully saturated rings. The number of nitrogens with zero attached hydrogens (tertiary/aromatic N) is 4. The van der Waals surface area contributed by atoms with Gasteiger partial charge < -0.3 is 25.6 Å². The first-order valence-corrected chi connectivity index (χ1v) is 12.6. The molecule has 0 radical (unpaired) electrons. The molecular weight excluding hydrogens is 528 g/mol. The van der Waals surface area contributed by atoms with E-state index in [4.69, 9.17) is 30.5 Å². The molecule has 0 bridgehead atoms. The van der Waals surface area contributed by atoms with E-state index >= 15 is 0 Å². The second-order valence-electron chi connectivity index (χ2n) is 9.01. The molecule has 13 heteroatoms. The number of ether oxygens (including phenoxy) is 2. The Kier molecular flexibility index (Phi) is 9.22. The molecule has 1 aliphatic heterocycles. The zero-order chi connectivity index (χ0) is 29.4. The Bertz CT molecular complexity index is 1560. The van der Waals surface area contributed by atoms with E-state index in [0.29, 0.717) is 30.4 Å². The summed E-state index contributed by atoms with van der Waals surface area (Å²) in [5.41, 5.74) is 8.10. The van der Waals surface area contributed by atoms with Crippen LogP contribution in [0.4, 0.5) is 5.69 Å². The summed E-state index contributed by atoms with van der Waals surface area (Å²) >= 11 is 0. The lowest BCUT2D eigenvalue weighted by molar-refractivity contribution is -0.134. The van der Waals surface area contributed by atoms with Crippen molar-refractivity contribution >= 4 is 23.6 Å². The minimum Gasteiger partial charge on any atom is -0.488 e. The van der Waals surface area contributed by atoms with E-state index in [1.807, 2.05) is 30.3 Å². The largest absolute Gasteiger partial charge is 0.488 e. The van der Waals surface area contributed by atoms with Crippen molar-refractivity contribution in [1.29, 1.82) is 5.41 Å². The van der Waals surface area contributed by atoms with Gasteiger partial charge in [0.25, 0.3) is 11.9 Å². The van der Waals surface area contributed by atoms with E-state index in [-0.39, 0.29) is 17.9 Å². The van der Waals surface area contributed by atoms with Crippen molar-refractivity contribution in [3.05, 3.63) is 101 Å². The van der Waals surface area contributed by atoms with Crippen molar-refractivity contribution in [2.45, 2.75) is 25.5 Å². The Balaban J connectivity index is 0.000000909. The van der Waals surface area contributed by atoms with Gasteiger partial charge >= 0.3 is 5.69 Å². The Morgan fingerprint density at radius 1 is 1.29 bits per heavy atom. The van der Waals surface area contributed by atoms with Crippen LogP contribution in [0.5, 0.6) is 5.75 Å². The summed E-state index contributed by atoms with van der Waals surface area (Å²) in [7, 11) is 0. The van der Waals surface area contributed by atoms with Crippen LogP contribution < -0.4 is 21.5 Å². The fourth-order valence-electron chi connectivity index (χ4n) is 4.03. The highest BCUT2D eigenvalue weighted by atomic mass is 16.5. The van der Waals surface area contributed by atoms with Gasteiger partial charge in [0.15, 0.2) is 5.82 Å². The van der Waals surface area contributed by atoms with Crippen LogP contribution in [-0.2, 0) is 9.53 Å². The predicted octanol–water partition coefficient (Wildman–Crippen LogP) is 2.74. The molecule has 2 atom stereocenters. The van der Waals surface area contributed by atoms with E-state index in [0.717, 1.165) is 34.8 Å². The average molecular weight is 559 g/mol. The number of amidine groups is 1. The molecule has 13 nitrogen and oxygen atoms in total. The van der Waals surface area contributed by atoms with Gasteiger partial charge in [0, 0.05) is 37.0 Å². The van der Waals surface area contributed by atoms with Gasteiger partial charge in [0.05, 0.1) is 13.2 Å². The van der Waals surface area contributed by atoms with Gasteiger partial charge in [-0.1, -0.05) is 12.7 Å². The number of nitrogens with two attached hydrogens (primary N) is 1. The Morgan fingerprint density at radius 2 is 2.00 bits per heavy atom. The smallest absolute Gasteiger partial charge is 0.350 e. The van der Waals surface area contributed by atoms with E-state index in [1.54, 1.807) is 36.7 Å². The molecule has 0 amide bonds. The van der Waals surface area contributed by atoms with Crippen LogP contribution in [0.3, 0.4) is 0 Å². The zero-order valence-corrected chi connectivity index (χ0v) is 22.3. The van der Waals surface area contributed by atoms with E-state index in [1.165, 1.54) is 0 Å². The number of hydrogen-bond donors (Lipinski definition) is 5. The molecule has 5 rings (SSSR count). The van der Waals surface area contributed by atoms with Gasteiger partial charge in [0.2, 0.25) is 0 Å². The molecule has 41 heavy (non-hydrogen) atoms. The van der Waals surface area contributed by atoms with Crippen molar-refractivity contribution in [2.75, 3.05) is 18.5 Å². The second kappa shape index (κ2) is 13.2. The first-order valence-electron chi connectivity index (χ1n) is 12.6. The van der Waals surface area contributed by atoms with Crippen molar-refractivity contribution in [1.82, 2.24) is 24.7 Å². The maximum atomic E-state index is 12.8. The highest BCUT2D eigenvalue weighted by Crippen LogP contribution is 2.30. The molecule has 6 N–H and O–H groups in total. The van der Waals surface area contributed by atoms with Gasteiger partial charge in [-0.05, 0) is 59.7 Å². The predicted molar refractivity (Wildman–Crippen MR) is 152 cm³/mol.